The molecule has 1 fully saturated rings. The van der Waals surface area contributed by atoms with Crippen LogP contribution in [0.1, 0.15) is 28.8 Å². The third-order valence-electron chi connectivity index (χ3n) is 4.53. The number of likely N-dealkylation sites (tertiary alicyclic amines) is 1. The maximum atomic E-state index is 12.9. The third kappa shape index (κ3) is 4.35. The van der Waals surface area contributed by atoms with Crippen molar-refractivity contribution in [3.05, 3.63) is 64.7 Å². The number of carbonyl (C=O) groups is 2. The van der Waals surface area contributed by atoms with Crippen LogP contribution in [0.25, 0.3) is 0 Å². The quantitative estimate of drug-likeness (QED) is 0.847. The van der Waals surface area contributed by atoms with Gasteiger partial charge in [-0.3, -0.25) is 9.59 Å². The number of hydrogen-bond acceptors (Lipinski definition) is 3. The molecule has 6 heteroatoms. The second kappa shape index (κ2) is 8.23. The van der Waals surface area contributed by atoms with E-state index >= 15 is 0 Å². The number of amides is 2. The number of nitrogens with two attached hydrogens (primary N) is 1. The number of rotatable bonds is 6. The first-order chi connectivity index (χ1) is 12.5. The minimum Gasteiger partial charge on any atom is -0.484 e. The van der Waals surface area contributed by atoms with Crippen molar-refractivity contribution < 1.29 is 14.3 Å². The lowest BCUT2D eigenvalue weighted by molar-refractivity contribution is -0.119. The van der Waals surface area contributed by atoms with Gasteiger partial charge in [0.25, 0.3) is 11.8 Å². The molecule has 5 nitrogen and oxygen atoms in total. The van der Waals surface area contributed by atoms with Crippen molar-refractivity contribution in [1.29, 1.82) is 0 Å². The molecule has 0 aromatic heterocycles. The summed E-state index contributed by atoms with van der Waals surface area (Å²) in [6, 6.07) is 14.7. The van der Waals surface area contributed by atoms with E-state index in [1.807, 2.05) is 29.2 Å². The predicted octanol–water partition coefficient (Wildman–Crippen LogP) is 3.05. The Morgan fingerprint density at radius 2 is 1.88 bits per heavy atom. The number of benzene rings is 2. The van der Waals surface area contributed by atoms with E-state index in [4.69, 9.17) is 22.1 Å². The Morgan fingerprint density at radius 1 is 1.15 bits per heavy atom. The van der Waals surface area contributed by atoms with Gasteiger partial charge in [0.1, 0.15) is 5.75 Å². The van der Waals surface area contributed by atoms with Gasteiger partial charge in [-0.05, 0) is 55.2 Å². The lowest BCUT2D eigenvalue weighted by atomic mass is 10.0. The largest absolute Gasteiger partial charge is 0.484 e. The molecular weight excluding hydrogens is 352 g/mol. The Kier molecular flexibility index (Phi) is 5.78. The van der Waals surface area contributed by atoms with Crippen LogP contribution in [0.3, 0.4) is 0 Å². The van der Waals surface area contributed by atoms with Gasteiger partial charge in [-0.1, -0.05) is 29.8 Å². The van der Waals surface area contributed by atoms with Gasteiger partial charge in [-0.25, -0.2) is 0 Å². The van der Waals surface area contributed by atoms with Gasteiger partial charge in [0.2, 0.25) is 0 Å². The average Bonchev–Trinajstić information content (AvgIpc) is 3.10. The van der Waals surface area contributed by atoms with Crippen LogP contribution in [-0.2, 0) is 11.2 Å². The summed E-state index contributed by atoms with van der Waals surface area (Å²) in [5.41, 5.74) is 6.72. The van der Waals surface area contributed by atoms with E-state index in [1.165, 1.54) is 0 Å². The highest BCUT2D eigenvalue weighted by atomic mass is 35.5. The van der Waals surface area contributed by atoms with E-state index in [2.05, 4.69) is 0 Å². The molecule has 0 bridgehead atoms. The molecule has 1 aliphatic heterocycles. The molecule has 1 saturated heterocycles. The van der Waals surface area contributed by atoms with E-state index < -0.39 is 5.91 Å². The maximum Gasteiger partial charge on any atom is 0.255 e. The van der Waals surface area contributed by atoms with E-state index in [9.17, 15) is 9.59 Å². The molecule has 2 aromatic rings. The minimum absolute atomic E-state index is 0.000930. The lowest BCUT2D eigenvalue weighted by Gasteiger charge is -2.25. The van der Waals surface area contributed by atoms with Crippen LogP contribution in [-0.4, -0.2) is 35.9 Å². The predicted molar refractivity (Wildman–Crippen MR) is 100 cm³/mol. The van der Waals surface area contributed by atoms with Gasteiger partial charge < -0.3 is 15.4 Å². The summed E-state index contributed by atoms with van der Waals surface area (Å²) in [4.78, 5) is 25.6. The van der Waals surface area contributed by atoms with Crippen molar-refractivity contribution in [2.45, 2.75) is 25.3 Å². The molecule has 1 aliphatic rings. The van der Waals surface area contributed by atoms with Crippen molar-refractivity contribution in [3.8, 4) is 5.75 Å². The molecule has 3 rings (SSSR count). The Balaban J connectivity index is 1.68. The Labute approximate surface area is 157 Å². The molecule has 1 atom stereocenters. The van der Waals surface area contributed by atoms with Crippen molar-refractivity contribution in [2.24, 2.45) is 5.73 Å². The lowest BCUT2D eigenvalue weighted by Crippen LogP contribution is -2.36. The SMILES string of the molecule is NC(=O)COc1ccc(C(=O)N2CCC[C@@H]2Cc2ccccc2Cl)cc1. The van der Waals surface area contributed by atoms with E-state index in [0.717, 1.165) is 36.4 Å². The summed E-state index contributed by atoms with van der Waals surface area (Å²) in [5.74, 6) is -0.0278. The molecule has 1 heterocycles. The Morgan fingerprint density at radius 3 is 2.58 bits per heavy atom. The number of ether oxygens (including phenoxy) is 1. The Hall–Kier alpha value is -2.53. The number of nitrogens with zero attached hydrogens (tertiary/aromatic N) is 1. The monoisotopic (exact) mass is 372 g/mol. The highest BCUT2D eigenvalue weighted by Gasteiger charge is 2.29. The summed E-state index contributed by atoms with van der Waals surface area (Å²) in [7, 11) is 0. The molecule has 136 valence electrons. The van der Waals surface area contributed by atoms with Gasteiger partial charge in [-0.15, -0.1) is 0 Å². The molecular formula is C20H21ClN2O3. The molecule has 2 aromatic carbocycles. The van der Waals surface area contributed by atoms with E-state index in [-0.39, 0.29) is 18.6 Å². The van der Waals surface area contributed by atoms with Crippen LogP contribution in [0.5, 0.6) is 5.75 Å². The first-order valence-corrected chi connectivity index (χ1v) is 8.98. The topological polar surface area (TPSA) is 72.6 Å². The van der Waals surface area contributed by atoms with Crippen LogP contribution in [0.2, 0.25) is 5.02 Å². The van der Waals surface area contributed by atoms with Gasteiger partial charge in [0.15, 0.2) is 6.61 Å². The van der Waals surface area contributed by atoms with Crippen molar-refractivity contribution in [3.63, 3.8) is 0 Å². The fourth-order valence-electron chi connectivity index (χ4n) is 3.25. The standard InChI is InChI=1S/C20H21ClN2O3/c21-18-6-2-1-4-15(18)12-16-5-3-11-23(16)20(25)14-7-9-17(10-8-14)26-13-19(22)24/h1-2,4,6-10,16H,3,5,11-13H2,(H2,22,24)/t16-/m1/s1. The van der Waals surface area contributed by atoms with Gasteiger partial charge in [0.05, 0.1) is 0 Å². The molecule has 0 radical (unpaired) electrons. The molecule has 0 unspecified atom stereocenters. The summed E-state index contributed by atoms with van der Waals surface area (Å²) in [6.07, 6.45) is 2.71. The first kappa shape index (κ1) is 18.3. The van der Waals surface area contributed by atoms with Gasteiger partial charge in [0, 0.05) is 23.2 Å². The average molecular weight is 373 g/mol. The van der Waals surface area contributed by atoms with E-state index in [1.54, 1.807) is 24.3 Å². The fourth-order valence-corrected chi connectivity index (χ4v) is 3.46. The van der Waals surface area contributed by atoms with Crippen LogP contribution >= 0.6 is 11.6 Å². The van der Waals surface area contributed by atoms with Crippen LogP contribution in [0.4, 0.5) is 0 Å². The zero-order valence-electron chi connectivity index (χ0n) is 14.4. The highest BCUT2D eigenvalue weighted by Crippen LogP contribution is 2.26. The van der Waals surface area contributed by atoms with Crippen LogP contribution in [0, 0.1) is 0 Å². The van der Waals surface area contributed by atoms with Crippen LogP contribution in [0.15, 0.2) is 48.5 Å². The number of primary amides is 1. The smallest absolute Gasteiger partial charge is 0.255 e. The van der Waals surface area contributed by atoms with Crippen molar-refractivity contribution in [2.75, 3.05) is 13.2 Å². The summed E-state index contributed by atoms with van der Waals surface area (Å²) >= 11 is 6.27. The molecule has 2 amide bonds. The minimum atomic E-state index is -0.537. The molecule has 0 saturated carbocycles. The normalized spacial score (nSPS) is 16.5. The van der Waals surface area contributed by atoms with Gasteiger partial charge in [-0.2, -0.15) is 0 Å². The van der Waals surface area contributed by atoms with E-state index in [0.29, 0.717) is 11.3 Å². The van der Waals surface area contributed by atoms with Crippen LogP contribution < -0.4 is 10.5 Å². The fraction of sp³-hybridized carbons (Fsp3) is 0.300. The second-order valence-corrected chi connectivity index (χ2v) is 6.78. The zero-order valence-corrected chi connectivity index (χ0v) is 15.1. The second-order valence-electron chi connectivity index (χ2n) is 6.37. The first-order valence-electron chi connectivity index (χ1n) is 8.60. The Bertz CT molecular complexity index is 792. The summed E-state index contributed by atoms with van der Waals surface area (Å²) in [5, 5.41) is 0.739. The summed E-state index contributed by atoms with van der Waals surface area (Å²) < 4.78 is 5.23. The molecule has 0 spiro atoms. The third-order valence-corrected chi connectivity index (χ3v) is 4.90. The zero-order chi connectivity index (χ0) is 18.5. The molecule has 0 aliphatic carbocycles. The summed E-state index contributed by atoms with van der Waals surface area (Å²) in [6.45, 7) is 0.563. The number of hydrogen-bond donors (Lipinski definition) is 1. The maximum absolute atomic E-state index is 12.9. The molecule has 2 N–H and O–H groups in total. The van der Waals surface area contributed by atoms with Gasteiger partial charge >= 0.3 is 0 Å². The van der Waals surface area contributed by atoms with Crippen molar-refractivity contribution >= 4 is 23.4 Å². The number of carbonyl (C=O) groups excluding carboxylic acids is 2. The van der Waals surface area contributed by atoms with Crippen molar-refractivity contribution in [1.82, 2.24) is 4.90 Å². The number of halogens is 1. The highest BCUT2D eigenvalue weighted by molar-refractivity contribution is 6.31. The molecule has 26 heavy (non-hydrogen) atoms.